The molecular weight excluding hydrogens is 446 g/mol. The summed E-state index contributed by atoms with van der Waals surface area (Å²) >= 11 is 0. The summed E-state index contributed by atoms with van der Waals surface area (Å²) in [5.74, 6) is -1.25. The number of hydrogen-bond donors (Lipinski definition) is 3. The summed E-state index contributed by atoms with van der Waals surface area (Å²) in [7, 11) is 1.54. The van der Waals surface area contributed by atoms with Gasteiger partial charge in [-0.25, -0.2) is 9.59 Å². The van der Waals surface area contributed by atoms with E-state index in [2.05, 4.69) is 44.1 Å². The van der Waals surface area contributed by atoms with Crippen LogP contribution in [0.25, 0.3) is 0 Å². The van der Waals surface area contributed by atoms with Gasteiger partial charge in [-0.15, -0.1) is 0 Å². The number of ether oxygens (including phenoxy) is 1. The topological polar surface area (TPSA) is 112 Å². The van der Waals surface area contributed by atoms with Crippen LogP contribution in [0.2, 0.25) is 0 Å². The number of H-pyrrole nitrogens is 1. The summed E-state index contributed by atoms with van der Waals surface area (Å²) in [6.07, 6.45) is 1.36. The molecule has 1 heterocycles. The maximum atomic E-state index is 13.7. The highest BCUT2D eigenvalue weighted by atomic mass is 16.6. The quantitative estimate of drug-likeness (QED) is 0.535. The molecule has 1 aromatic heterocycles. The van der Waals surface area contributed by atoms with E-state index in [1.165, 1.54) is 29.6 Å². The minimum Gasteiger partial charge on any atom is -0.477 e. The van der Waals surface area contributed by atoms with Crippen LogP contribution in [-0.2, 0) is 20.4 Å². The Kier molecular flexibility index (Phi) is 6.81. The molecule has 8 heteroatoms. The average molecular weight is 484 g/mol. The highest BCUT2D eigenvalue weighted by molar-refractivity contribution is 5.99. The first kappa shape index (κ1) is 26.3. The lowest BCUT2D eigenvalue weighted by Crippen LogP contribution is -2.43. The average Bonchev–Trinajstić information content (AvgIpc) is 3.23. The number of carboxylic acids is 1. The molecule has 1 aliphatic rings. The van der Waals surface area contributed by atoms with E-state index >= 15 is 0 Å². The number of carbonyl (C=O) groups is 3. The van der Waals surface area contributed by atoms with E-state index in [0.717, 1.165) is 18.4 Å². The van der Waals surface area contributed by atoms with Gasteiger partial charge in [0.2, 0.25) is 0 Å². The summed E-state index contributed by atoms with van der Waals surface area (Å²) in [6, 6.07) is 7.83. The largest absolute Gasteiger partial charge is 0.477 e. The second-order valence-corrected chi connectivity index (χ2v) is 11.6. The lowest BCUT2D eigenvalue weighted by Gasteiger charge is -2.42. The number of nitrogens with zero attached hydrogens (tertiary/aromatic N) is 1. The third-order valence-corrected chi connectivity index (χ3v) is 6.71. The summed E-state index contributed by atoms with van der Waals surface area (Å²) < 4.78 is 5.44. The Labute approximate surface area is 207 Å². The van der Waals surface area contributed by atoms with Gasteiger partial charge in [0, 0.05) is 7.05 Å². The van der Waals surface area contributed by atoms with Crippen LogP contribution < -0.4 is 10.2 Å². The number of alkyl carbamates (subject to hydrolysis) is 1. The maximum absolute atomic E-state index is 13.7. The SMILES string of the molecule is CN(C(=O)C(NC(=O)OC(C)(C)C)c1ccc2c(c1)C(C)(C)CCC2(C)C)c1ccc(C(=O)O)[nH]1. The molecule has 0 bridgehead atoms. The van der Waals surface area contributed by atoms with Gasteiger partial charge in [0.1, 0.15) is 23.2 Å². The van der Waals surface area contributed by atoms with Crippen LogP contribution in [0.4, 0.5) is 10.6 Å². The molecule has 0 fully saturated rings. The number of fused-ring (bicyclic) bond motifs is 1. The number of anilines is 1. The van der Waals surface area contributed by atoms with Crippen molar-refractivity contribution in [3.63, 3.8) is 0 Å². The number of carbonyl (C=O) groups excluding carboxylic acids is 2. The molecule has 0 saturated carbocycles. The van der Waals surface area contributed by atoms with Gasteiger partial charge in [-0.05, 0) is 73.3 Å². The Bertz CT molecular complexity index is 1140. The molecule has 3 rings (SSSR count). The third kappa shape index (κ3) is 5.69. The summed E-state index contributed by atoms with van der Waals surface area (Å²) in [5, 5.41) is 12.0. The molecule has 0 spiro atoms. The number of rotatable bonds is 5. The van der Waals surface area contributed by atoms with Crippen LogP contribution in [0.1, 0.15) is 94.5 Å². The van der Waals surface area contributed by atoms with Crippen LogP contribution in [-0.4, -0.2) is 40.7 Å². The molecule has 1 aromatic carbocycles. The number of aromatic nitrogens is 1. The summed E-state index contributed by atoms with van der Waals surface area (Å²) in [5.41, 5.74) is 2.20. The Morgan fingerprint density at radius 3 is 2.17 bits per heavy atom. The van der Waals surface area contributed by atoms with Crippen molar-refractivity contribution < 1.29 is 24.2 Å². The van der Waals surface area contributed by atoms with Gasteiger partial charge in [0.05, 0.1) is 0 Å². The van der Waals surface area contributed by atoms with Crippen molar-refractivity contribution in [2.24, 2.45) is 0 Å². The number of aromatic amines is 1. The van der Waals surface area contributed by atoms with Crippen molar-refractivity contribution in [3.8, 4) is 0 Å². The van der Waals surface area contributed by atoms with Crippen LogP contribution in [0.15, 0.2) is 30.3 Å². The summed E-state index contributed by atoms with van der Waals surface area (Å²) in [4.78, 5) is 41.7. The zero-order valence-electron chi connectivity index (χ0n) is 21.9. The monoisotopic (exact) mass is 483 g/mol. The molecule has 0 saturated heterocycles. The van der Waals surface area contributed by atoms with E-state index in [-0.39, 0.29) is 16.5 Å². The number of benzene rings is 1. The first-order valence-corrected chi connectivity index (χ1v) is 11.9. The lowest BCUT2D eigenvalue weighted by molar-refractivity contribution is -0.120. The summed E-state index contributed by atoms with van der Waals surface area (Å²) in [6.45, 7) is 14.1. The van der Waals surface area contributed by atoms with Crippen LogP contribution in [0, 0.1) is 0 Å². The molecule has 35 heavy (non-hydrogen) atoms. The Hall–Kier alpha value is -3.29. The van der Waals surface area contributed by atoms with Gasteiger partial charge in [-0.2, -0.15) is 0 Å². The van der Waals surface area contributed by atoms with Crippen molar-refractivity contribution in [2.75, 3.05) is 11.9 Å². The highest BCUT2D eigenvalue weighted by Gasteiger charge is 2.38. The van der Waals surface area contributed by atoms with Gasteiger partial charge in [-0.3, -0.25) is 9.69 Å². The number of carboxylic acid groups (broad SMARTS) is 1. The van der Waals surface area contributed by atoms with Crippen molar-refractivity contribution in [1.29, 1.82) is 0 Å². The molecule has 3 N–H and O–H groups in total. The standard InChI is InChI=1S/C27H37N3O5/c1-25(2,3)35-24(34)29-21(22(31)30(8)20-12-11-19(28-20)23(32)33)16-9-10-17-18(15-16)27(6,7)14-13-26(17,4)5/h9-12,15,21,28H,13-14H2,1-8H3,(H,29,34)(H,32,33). The second-order valence-electron chi connectivity index (χ2n) is 11.6. The van der Waals surface area contributed by atoms with E-state index in [4.69, 9.17) is 4.74 Å². The highest BCUT2D eigenvalue weighted by Crippen LogP contribution is 2.46. The minimum atomic E-state index is -1.12. The fourth-order valence-corrected chi connectivity index (χ4v) is 4.52. The first-order chi connectivity index (χ1) is 16.0. The first-order valence-electron chi connectivity index (χ1n) is 11.9. The van der Waals surface area contributed by atoms with Gasteiger partial charge in [0.15, 0.2) is 0 Å². The maximum Gasteiger partial charge on any atom is 0.408 e. The van der Waals surface area contributed by atoms with Crippen LogP contribution >= 0.6 is 0 Å². The van der Waals surface area contributed by atoms with Crippen LogP contribution in [0.5, 0.6) is 0 Å². The van der Waals surface area contributed by atoms with Crippen molar-refractivity contribution in [3.05, 3.63) is 52.7 Å². The number of nitrogens with one attached hydrogen (secondary N) is 2. The van der Waals surface area contributed by atoms with Gasteiger partial charge < -0.3 is 20.1 Å². The zero-order chi connectivity index (χ0) is 26.3. The molecule has 1 atom stereocenters. The molecule has 2 amide bonds. The Morgan fingerprint density at radius 2 is 1.63 bits per heavy atom. The zero-order valence-corrected chi connectivity index (χ0v) is 21.9. The number of hydrogen-bond acceptors (Lipinski definition) is 4. The molecular formula is C27H37N3O5. The Balaban J connectivity index is 2.04. The van der Waals surface area contributed by atoms with E-state index in [1.807, 2.05) is 12.1 Å². The number of aromatic carboxylic acids is 1. The minimum absolute atomic E-state index is 0.00968. The molecule has 2 aromatic rings. The smallest absolute Gasteiger partial charge is 0.408 e. The van der Waals surface area contributed by atoms with Crippen molar-refractivity contribution in [1.82, 2.24) is 10.3 Å². The molecule has 1 unspecified atom stereocenters. The molecule has 8 nitrogen and oxygen atoms in total. The fraction of sp³-hybridized carbons (Fsp3) is 0.519. The number of likely N-dealkylation sites (N-methyl/N-ethyl adjacent to an activating group) is 1. The predicted molar refractivity (Wildman–Crippen MR) is 135 cm³/mol. The van der Waals surface area contributed by atoms with E-state index < -0.39 is 29.6 Å². The third-order valence-electron chi connectivity index (χ3n) is 6.71. The second kappa shape index (κ2) is 9.06. The van der Waals surface area contributed by atoms with Gasteiger partial charge >= 0.3 is 12.1 Å². The fourth-order valence-electron chi connectivity index (χ4n) is 4.52. The predicted octanol–water partition coefficient (Wildman–Crippen LogP) is 5.29. The van der Waals surface area contributed by atoms with Gasteiger partial charge in [0.25, 0.3) is 5.91 Å². The number of amides is 2. The van der Waals surface area contributed by atoms with Gasteiger partial charge in [-0.1, -0.05) is 45.9 Å². The molecule has 1 aliphatic carbocycles. The Morgan fingerprint density at radius 1 is 1.03 bits per heavy atom. The molecule has 190 valence electrons. The van der Waals surface area contributed by atoms with E-state index in [9.17, 15) is 19.5 Å². The van der Waals surface area contributed by atoms with Crippen LogP contribution in [0.3, 0.4) is 0 Å². The van der Waals surface area contributed by atoms with E-state index in [0.29, 0.717) is 11.4 Å². The molecule has 0 radical (unpaired) electrons. The van der Waals surface area contributed by atoms with Crippen molar-refractivity contribution in [2.45, 2.75) is 83.8 Å². The lowest BCUT2D eigenvalue weighted by atomic mass is 9.63. The van der Waals surface area contributed by atoms with Crippen molar-refractivity contribution >= 4 is 23.8 Å². The van der Waals surface area contributed by atoms with E-state index in [1.54, 1.807) is 20.8 Å². The normalized spacial score (nSPS) is 17.1. The molecule has 0 aliphatic heterocycles.